The van der Waals surface area contributed by atoms with Gasteiger partial charge in [-0.15, -0.1) is 0 Å². The number of carbonyl (C=O) groups excluding carboxylic acids is 1. The molecule has 0 unspecified atom stereocenters. The fraction of sp³-hybridized carbons (Fsp3) is 0.923. The highest BCUT2D eigenvalue weighted by Crippen LogP contribution is 2.28. The fourth-order valence-electron chi connectivity index (χ4n) is 1.85. The Balaban J connectivity index is 2.25. The lowest BCUT2D eigenvalue weighted by Crippen LogP contribution is -2.30. The Hall–Kier alpha value is -0.0600. The van der Waals surface area contributed by atoms with Gasteiger partial charge in [0.1, 0.15) is 0 Å². The van der Waals surface area contributed by atoms with E-state index in [-0.39, 0.29) is 10.5 Å². The standard InChI is InChI=1S/C13H24O3S/c1-13(2,12(14)17-9-8-15-3)10-16-11-6-4-5-7-11/h11H,4-10H2,1-3H3. The number of carbonyl (C=O) groups is 1. The molecule has 100 valence electrons. The fourth-order valence-corrected chi connectivity index (χ4v) is 2.74. The second-order valence-electron chi connectivity index (χ2n) is 5.23. The molecule has 3 nitrogen and oxygen atoms in total. The van der Waals surface area contributed by atoms with E-state index in [1.807, 2.05) is 13.8 Å². The van der Waals surface area contributed by atoms with Crippen LogP contribution >= 0.6 is 11.8 Å². The first-order valence-electron chi connectivity index (χ1n) is 6.34. The summed E-state index contributed by atoms with van der Waals surface area (Å²) < 4.78 is 10.8. The third kappa shape index (κ3) is 5.40. The zero-order valence-electron chi connectivity index (χ0n) is 11.2. The second-order valence-corrected chi connectivity index (χ2v) is 6.30. The molecule has 1 saturated carbocycles. The third-order valence-corrected chi connectivity index (χ3v) is 4.24. The van der Waals surface area contributed by atoms with Crippen LogP contribution in [-0.2, 0) is 14.3 Å². The van der Waals surface area contributed by atoms with Crippen LogP contribution in [0.25, 0.3) is 0 Å². The Bertz CT molecular complexity index is 235. The van der Waals surface area contributed by atoms with Crippen molar-refractivity contribution in [1.82, 2.24) is 0 Å². The Morgan fingerprint density at radius 2 is 2.00 bits per heavy atom. The van der Waals surface area contributed by atoms with Gasteiger partial charge in [0.15, 0.2) is 5.12 Å². The molecule has 0 spiro atoms. The van der Waals surface area contributed by atoms with Gasteiger partial charge in [0.2, 0.25) is 0 Å². The summed E-state index contributed by atoms with van der Waals surface area (Å²) in [5.41, 5.74) is -0.388. The van der Waals surface area contributed by atoms with Crippen molar-refractivity contribution in [3.05, 3.63) is 0 Å². The molecule has 0 N–H and O–H groups in total. The van der Waals surface area contributed by atoms with E-state index in [0.29, 0.717) is 19.3 Å². The summed E-state index contributed by atoms with van der Waals surface area (Å²) in [6.07, 6.45) is 5.22. The lowest BCUT2D eigenvalue weighted by atomic mass is 9.97. The molecule has 0 heterocycles. The van der Waals surface area contributed by atoms with Gasteiger partial charge in [-0.3, -0.25) is 4.79 Å². The first-order chi connectivity index (χ1) is 8.06. The van der Waals surface area contributed by atoms with E-state index in [9.17, 15) is 4.79 Å². The molecular weight excluding hydrogens is 236 g/mol. The molecule has 0 saturated heterocycles. The Morgan fingerprint density at radius 1 is 1.35 bits per heavy atom. The molecule has 0 amide bonds. The van der Waals surface area contributed by atoms with Crippen LogP contribution < -0.4 is 0 Å². The molecule has 0 aromatic heterocycles. The summed E-state index contributed by atoms with van der Waals surface area (Å²) in [5.74, 6) is 0.724. The zero-order chi connectivity index (χ0) is 12.7. The number of hydrogen-bond donors (Lipinski definition) is 0. The maximum Gasteiger partial charge on any atom is 0.196 e. The van der Waals surface area contributed by atoms with Crippen molar-refractivity contribution < 1.29 is 14.3 Å². The van der Waals surface area contributed by atoms with Crippen molar-refractivity contribution in [1.29, 1.82) is 0 Å². The smallest absolute Gasteiger partial charge is 0.196 e. The highest BCUT2D eigenvalue weighted by Gasteiger charge is 2.29. The number of rotatable bonds is 7. The van der Waals surface area contributed by atoms with Crippen LogP contribution in [0.1, 0.15) is 39.5 Å². The van der Waals surface area contributed by atoms with Crippen molar-refractivity contribution >= 4 is 16.9 Å². The van der Waals surface area contributed by atoms with Gasteiger partial charge in [0.25, 0.3) is 0 Å². The lowest BCUT2D eigenvalue weighted by Gasteiger charge is -2.24. The monoisotopic (exact) mass is 260 g/mol. The summed E-state index contributed by atoms with van der Waals surface area (Å²) in [5, 5.41) is 0.201. The quantitative estimate of drug-likeness (QED) is 0.659. The van der Waals surface area contributed by atoms with Gasteiger partial charge < -0.3 is 9.47 Å². The molecule has 0 aliphatic heterocycles. The molecule has 17 heavy (non-hydrogen) atoms. The minimum atomic E-state index is -0.388. The van der Waals surface area contributed by atoms with E-state index in [0.717, 1.165) is 18.6 Å². The van der Waals surface area contributed by atoms with Crippen molar-refractivity contribution in [3.63, 3.8) is 0 Å². The maximum absolute atomic E-state index is 12.0. The predicted octanol–water partition coefficient (Wildman–Crippen LogP) is 2.88. The van der Waals surface area contributed by atoms with Crippen molar-refractivity contribution in [2.24, 2.45) is 5.41 Å². The van der Waals surface area contributed by atoms with Crippen LogP contribution in [0.5, 0.6) is 0 Å². The summed E-state index contributed by atoms with van der Waals surface area (Å²) in [7, 11) is 1.65. The van der Waals surface area contributed by atoms with Crippen LogP contribution in [-0.4, -0.2) is 37.3 Å². The number of thioether (sulfide) groups is 1. The van der Waals surface area contributed by atoms with Crippen molar-refractivity contribution in [2.45, 2.75) is 45.6 Å². The molecule has 1 rings (SSSR count). The summed E-state index contributed by atoms with van der Waals surface area (Å²) in [4.78, 5) is 12.0. The van der Waals surface area contributed by atoms with Crippen LogP contribution in [0, 0.1) is 5.41 Å². The van der Waals surface area contributed by atoms with E-state index >= 15 is 0 Å². The number of ether oxygens (including phenoxy) is 2. The molecule has 1 fully saturated rings. The van der Waals surface area contributed by atoms with Gasteiger partial charge in [0, 0.05) is 12.9 Å². The van der Waals surface area contributed by atoms with Gasteiger partial charge in [-0.1, -0.05) is 24.6 Å². The molecule has 1 aliphatic rings. The predicted molar refractivity (Wildman–Crippen MR) is 71.3 cm³/mol. The topological polar surface area (TPSA) is 35.5 Å². The van der Waals surface area contributed by atoms with Gasteiger partial charge in [0.05, 0.1) is 24.7 Å². The average molecular weight is 260 g/mol. The summed E-state index contributed by atoms with van der Waals surface area (Å²) in [6.45, 7) is 5.08. The average Bonchev–Trinajstić information content (AvgIpc) is 2.79. The summed E-state index contributed by atoms with van der Waals surface area (Å²) in [6, 6.07) is 0. The zero-order valence-corrected chi connectivity index (χ0v) is 12.0. The first kappa shape index (κ1) is 15.0. The SMILES string of the molecule is COCCSC(=O)C(C)(C)COC1CCCC1. The van der Waals surface area contributed by atoms with E-state index in [2.05, 4.69) is 0 Å². The second kappa shape index (κ2) is 7.39. The highest BCUT2D eigenvalue weighted by molar-refractivity contribution is 8.13. The Morgan fingerprint density at radius 3 is 2.59 bits per heavy atom. The first-order valence-corrected chi connectivity index (χ1v) is 7.32. The maximum atomic E-state index is 12.0. The van der Waals surface area contributed by atoms with Crippen LogP contribution in [0.2, 0.25) is 0 Å². The molecule has 0 aromatic carbocycles. The highest BCUT2D eigenvalue weighted by atomic mass is 32.2. The third-order valence-electron chi connectivity index (χ3n) is 3.06. The normalized spacial score (nSPS) is 17.6. The van der Waals surface area contributed by atoms with E-state index in [1.54, 1.807) is 7.11 Å². The summed E-state index contributed by atoms with van der Waals surface area (Å²) >= 11 is 1.35. The van der Waals surface area contributed by atoms with Gasteiger partial charge in [-0.2, -0.15) is 0 Å². The number of hydrogen-bond acceptors (Lipinski definition) is 4. The minimum absolute atomic E-state index is 0.201. The molecular formula is C13H24O3S. The minimum Gasteiger partial charge on any atom is -0.384 e. The Kier molecular flexibility index (Phi) is 6.52. The molecule has 4 heteroatoms. The Labute approximate surface area is 109 Å². The molecule has 1 aliphatic carbocycles. The molecule has 0 atom stereocenters. The van der Waals surface area contributed by atoms with Gasteiger partial charge in [-0.25, -0.2) is 0 Å². The van der Waals surface area contributed by atoms with Crippen molar-refractivity contribution in [2.75, 3.05) is 26.1 Å². The largest absolute Gasteiger partial charge is 0.384 e. The number of methoxy groups -OCH3 is 1. The van der Waals surface area contributed by atoms with Crippen LogP contribution in [0.3, 0.4) is 0 Å². The van der Waals surface area contributed by atoms with E-state index < -0.39 is 0 Å². The van der Waals surface area contributed by atoms with E-state index in [1.165, 1.54) is 24.6 Å². The lowest BCUT2D eigenvalue weighted by molar-refractivity contribution is -0.122. The van der Waals surface area contributed by atoms with Gasteiger partial charge >= 0.3 is 0 Å². The van der Waals surface area contributed by atoms with Gasteiger partial charge in [-0.05, 0) is 26.7 Å². The van der Waals surface area contributed by atoms with Crippen LogP contribution in [0.15, 0.2) is 0 Å². The van der Waals surface area contributed by atoms with Crippen molar-refractivity contribution in [3.8, 4) is 0 Å². The molecule has 0 bridgehead atoms. The van der Waals surface area contributed by atoms with E-state index in [4.69, 9.17) is 9.47 Å². The molecule has 0 aromatic rings. The van der Waals surface area contributed by atoms with Crippen LogP contribution in [0.4, 0.5) is 0 Å². The molecule has 0 radical (unpaired) electrons.